The van der Waals surface area contributed by atoms with E-state index in [1.807, 2.05) is 42.5 Å². The van der Waals surface area contributed by atoms with Crippen molar-refractivity contribution >= 4 is 23.2 Å². The summed E-state index contributed by atoms with van der Waals surface area (Å²) in [6.07, 6.45) is 4.00. The number of aromatic amines is 1. The summed E-state index contributed by atoms with van der Waals surface area (Å²) in [5.41, 5.74) is 2.97. The summed E-state index contributed by atoms with van der Waals surface area (Å²) in [6.45, 7) is 1.18. The maximum absolute atomic E-state index is 5.58. The Hall–Kier alpha value is -2.75. The lowest BCUT2D eigenvalue weighted by atomic mass is 10.2. The molecule has 0 radical (unpaired) electrons. The Balaban J connectivity index is 1.69. The number of rotatable bonds is 2. The minimum Gasteiger partial charge on any atom is -0.486 e. The van der Waals surface area contributed by atoms with E-state index in [0.717, 1.165) is 33.9 Å². The van der Waals surface area contributed by atoms with Gasteiger partial charge >= 0.3 is 0 Å². The maximum atomic E-state index is 5.58. The summed E-state index contributed by atoms with van der Waals surface area (Å²) in [5, 5.41) is 0. The smallest absolute Gasteiger partial charge is 0.163 e. The monoisotopic (exact) mass is 278 g/mol. The van der Waals surface area contributed by atoms with Crippen molar-refractivity contribution in [3.8, 4) is 11.5 Å². The Labute approximate surface area is 122 Å². The molecule has 104 valence electrons. The van der Waals surface area contributed by atoms with Crippen molar-refractivity contribution < 1.29 is 9.47 Å². The average Bonchev–Trinajstić information content (AvgIpc) is 2.93. The summed E-state index contributed by atoms with van der Waals surface area (Å²) in [5.74, 6) is 2.35. The normalized spacial score (nSPS) is 13.9. The van der Waals surface area contributed by atoms with Gasteiger partial charge in [-0.1, -0.05) is 36.4 Å². The van der Waals surface area contributed by atoms with Crippen LogP contribution in [0.3, 0.4) is 0 Å². The Bertz CT molecular complexity index is 763. The summed E-state index contributed by atoms with van der Waals surface area (Å²) in [7, 11) is 0. The number of nitrogens with zero attached hydrogens (tertiary/aromatic N) is 1. The number of imidazole rings is 1. The molecule has 3 aromatic rings. The van der Waals surface area contributed by atoms with E-state index in [1.54, 1.807) is 0 Å². The molecule has 2 heterocycles. The van der Waals surface area contributed by atoms with Crippen LogP contribution in [0.1, 0.15) is 11.4 Å². The Morgan fingerprint density at radius 3 is 2.52 bits per heavy atom. The average molecular weight is 278 g/mol. The van der Waals surface area contributed by atoms with Crippen LogP contribution >= 0.6 is 0 Å². The molecular weight excluding hydrogens is 264 g/mol. The molecule has 0 aliphatic carbocycles. The van der Waals surface area contributed by atoms with Gasteiger partial charge in [0.1, 0.15) is 19.0 Å². The van der Waals surface area contributed by atoms with E-state index in [4.69, 9.17) is 9.47 Å². The molecule has 0 amide bonds. The van der Waals surface area contributed by atoms with Gasteiger partial charge in [0.15, 0.2) is 11.5 Å². The molecule has 1 aliphatic heterocycles. The third-order valence-corrected chi connectivity index (χ3v) is 3.40. The molecule has 1 aromatic heterocycles. The van der Waals surface area contributed by atoms with E-state index in [1.165, 1.54) is 0 Å². The molecule has 0 unspecified atom stereocenters. The summed E-state index contributed by atoms with van der Waals surface area (Å²) >= 11 is 0. The summed E-state index contributed by atoms with van der Waals surface area (Å²) in [4.78, 5) is 7.84. The molecule has 0 saturated heterocycles. The predicted octanol–water partition coefficient (Wildman–Crippen LogP) is 3.50. The van der Waals surface area contributed by atoms with Gasteiger partial charge in [-0.15, -0.1) is 0 Å². The molecule has 2 aromatic carbocycles. The molecule has 0 saturated carbocycles. The lowest BCUT2D eigenvalue weighted by Gasteiger charge is -2.17. The molecule has 21 heavy (non-hydrogen) atoms. The third kappa shape index (κ3) is 2.36. The van der Waals surface area contributed by atoms with Crippen LogP contribution in [0.4, 0.5) is 0 Å². The largest absolute Gasteiger partial charge is 0.486 e. The van der Waals surface area contributed by atoms with Crippen molar-refractivity contribution in [3.05, 3.63) is 53.9 Å². The fraction of sp³-hybridized carbons (Fsp3) is 0.118. The first-order valence-electron chi connectivity index (χ1n) is 6.91. The van der Waals surface area contributed by atoms with Gasteiger partial charge in [0.05, 0.1) is 11.0 Å². The zero-order valence-electron chi connectivity index (χ0n) is 11.4. The van der Waals surface area contributed by atoms with Crippen LogP contribution in [-0.4, -0.2) is 23.2 Å². The second kappa shape index (κ2) is 4.98. The van der Waals surface area contributed by atoms with Gasteiger partial charge < -0.3 is 14.5 Å². The van der Waals surface area contributed by atoms with Crippen LogP contribution in [0.15, 0.2) is 42.5 Å². The standard InChI is InChI=1S/C17H14N2O2/c1-2-4-12(5-3-1)6-7-17-18-13-10-15-16(11-14(13)19-17)21-9-8-20-15/h1-7,10-11H,8-9H2,(H,18,19)/b7-6+. The predicted molar refractivity (Wildman–Crippen MR) is 82.5 cm³/mol. The fourth-order valence-corrected chi connectivity index (χ4v) is 2.38. The van der Waals surface area contributed by atoms with Crippen LogP contribution in [0.25, 0.3) is 23.2 Å². The minimum absolute atomic E-state index is 0.587. The highest BCUT2D eigenvalue weighted by Crippen LogP contribution is 2.33. The molecular formula is C17H14N2O2. The summed E-state index contributed by atoms with van der Waals surface area (Å²) < 4.78 is 11.2. The Kier molecular flexibility index (Phi) is 2.85. The zero-order valence-corrected chi connectivity index (χ0v) is 11.4. The highest BCUT2D eigenvalue weighted by molar-refractivity contribution is 5.82. The van der Waals surface area contributed by atoms with Gasteiger partial charge in [-0.2, -0.15) is 0 Å². The minimum atomic E-state index is 0.587. The third-order valence-electron chi connectivity index (χ3n) is 3.40. The fourth-order valence-electron chi connectivity index (χ4n) is 2.38. The number of ether oxygens (including phenoxy) is 2. The van der Waals surface area contributed by atoms with Crippen molar-refractivity contribution in [2.75, 3.05) is 13.2 Å². The SMILES string of the molecule is C(=C\c1nc2cc3c(cc2[nH]1)OCCO3)/c1ccccc1. The van der Waals surface area contributed by atoms with Gasteiger partial charge in [-0.25, -0.2) is 4.98 Å². The number of fused-ring (bicyclic) bond motifs is 2. The first-order chi connectivity index (χ1) is 10.4. The van der Waals surface area contributed by atoms with Gasteiger partial charge in [0.25, 0.3) is 0 Å². The first kappa shape index (κ1) is 12.0. The Morgan fingerprint density at radius 1 is 0.952 bits per heavy atom. The molecule has 4 heteroatoms. The lowest BCUT2D eigenvalue weighted by Crippen LogP contribution is -2.15. The molecule has 0 bridgehead atoms. The molecule has 0 fully saturated rings. The van der Waals surface area contributed by atoms with E-state index < -0.39 is 0 Å². The topological polar surface area (TPSA) is 47.1 Å². The maximum Gasteiger partial charge on any atom is 0.163 e. The summed E-state index contributed by atoms with van der Waals surface area (Å²) in [6, 6.07) is 14.0. The van der Waals surface area contributed by atoms with Crippen LogP contribution < -0.4 is 9.47 Å². The molecule has 4 rings (SSSR count). The van der Waals surface area contributed by atoms with E-state index in [0.29, 0.717) is 13.2 Å². The van der Waals surface area contributed by atoms with Crippen LogP contribution in [-0.2, 0) is 0 Å². The van der Waals surface area contributed by atoms with Gasteiger partial charge in [0, 0.05) is 12.1 Å². The number of nitrogens with one attached hydrogen (secondary N) is 1. The second-order valence-corrected chi connectivity index (χ2v) is 4.88. The quantitative estimate of drug-likeness (QED) is 0.780. The van der Waals surface area contributed by atoms with Gasteiger partial charge in [-0.3, -0.25) is 0 Å². The highest BCUT2D eigenvalue weighted by Gasteiger charge is 2.14. The van der Waals surface area contributed by atoms with E-state index in [-0.39, 0.29) is 0 Å². The second-order valence-electron chi connectivity index (χ2n) is 4.88. The lowest BCUT2D eigenvalue weighted by molar-refractivity contribution is 0.172. The van der Waals surface area contributed by atoms with Crippen LogP contribution in [0.5, 0.6) is 11.5 Å². The highest BCUT2D eigenvalue weighted by atomic mass is 16.6. The van der Waals surface area contributed by atoms with E-state index in [9.17, 15) is 0 Å². The molecule has 1 N–H and O–H groups in total. The molecule has 1 aliphatic rings. The molecule has 0 spiro atoms. The van der Waals surface area contributed by atoms with E-state index in [2.05, 4.69) is 22.1 Å². The van der Waals surface area contributed by atoms with Gasteiger partial charge in [0.2, 0.25) is 0 Å². The number of hydrogen-bond acceptors (Lipinski definition) is 3. The van der Waals surface area contributed by atoms with Gasteiger partial charge in [-0.05, 0) is 11.6 Å². The number of benzene rings is 2. The first-order valence-corrected chi connectivity index (χ1v) is 6.91. The number of H-pyrrole nitrogens is 1. The van der Waals surface area contributed by atoms with Crippen LogP contribution in [0, 0.1) is 0 Å². The van der Waals surface area contributed by atoms with Crippen molar-refractivity contribution in [1.29, 1.82) is 0 Å². The Morgan fingerprint density at radius 2 is 1.71 bits per heavy atom. The molecule has 0 atom stereocenters. The number of hydrogen-bond donors (Lipinski definition) is 1. The number of aromatic nitrogens is 2. The molecule has 4 nitrogen and oxygen atoms in total. The van der Waals surface area contributed by atoms with Crippen LogP contribution in [0.2, 0.25) is 0 Å². The zero-order chi connectivity index (χ0) is 14.1. The van der Waals surface area contributed by atoms with E-state index >= 15 is 0 Å². The van der Waals surface area contributed by atoms with Crippen molar-refractivity contribution in [3.63, 3.8) is 0 Å². The van der Waals surface area contributed by atoms with Crippen molar-refractivity contribution in [2.45, 2.75) is 0 Å². The van der Waals surface area contributed by atoms with Crippen molar-refractivity contribution in [2.24, 2.45) is 0 Å². The van der Waals surface area contributed by atoms with Crippen molar-refractivity contribution in [1.82, 2.24) is 9.97 Å².